The second-order valence-electron chi connectivity index (χ2n) is 7.21. The van der Waals surface area contributed by atoms with Crippen molar-refractivity contribution in [1.29, 1.82) is 0 Å². The molecule has 1 N–H and O–H groups in total. The van der Waals surface area contributed by atoms with Crippen molar-refractivity contribution in [2.75, 3.05) is 7.11 Å². The molecule has 0 aliphatic carbocycles. The number of non-ortho nitro benzene ring substituents is 1. The molecule has 1 heterocycles. The summed E-state index contributed by atoms with van der Waals surface area (Å²) >= 11 is 0. The van der Waals surface area contributed by atoms with E-state index in [0.29, 0.717) is 17.7 Å². The monoisotopic (exact) mass is 382 g/mol. The third-order valence-corrected chi connectivity index (χ3v) is 4.52. The molecule has 0 saturated heterocycles. The van der Waals surface area contributed by atoms with E-state index in [4.69, 9.17) is 9.47 Å². The average Bonchev–Trinajstić information content (AvgIpc) is 2.65. The van der Waals surface area contributed by atoms with Crippen LogP contribution in [0.1, 0.15) is 37.4 Å². The summed E-state index contributed by atoms with van der Waals surface area (Å²) in [4.78, 5) is 22.7. The quantitative estimate of drug-likeness (QED) is 0.479. The van der Waals surface area contributed by atoms with Crippen molar-refractivity contribution in [3.8, 4) is 11.5 Å². The van der Waals surface area contributed by atoms with Gasteiger partial charge in [-0.1, -0.05) is 0 Å². The molecule has 1 atom stereocenters. The number of nitro benzene ring substituents is 1. The number of carbonyl (C=O) groups excluding carboxylic acids is 1. The minimum absolute atomic E-state index is 0.0107. The van der Waals surface area contributed by atoms with Crippen molar-refractivity contribution >= 4 is 17.7 Å². The minimum Gasteiger partial charge on any atom is -0.497 e. The molecule has 2 aromatic carbocycles. The van der Waals surface area contributed by atoms with Crippen LogP contribution in [0.25, 0.3) is 6.08 Å². The maximum atomic E-state index is 12.5. The molecule has 2 aromatic rings. The van der Waals surface area contributed by atoms with Gasteiger partial charge < -0.3 is 14.8 Å². The van der Waals surface area contributed by atoms with Crippen LogP contribution < -0.4 is 14.8 Å². The van der Waals surface area contributed by atoms with E-state index in [2.05, 4.69) is 5.32 Å². The lowest BCUT2D eigenvalue weighted by atomic mass is 9.89. The molecule has 0 fully saturated rings. The first-order valence-corrected chi connectivity index (χ1v) is 8.87. The number of nitrogens with zero attached hydrogens (tertiary/aromatic N) is 1. The Kier molecular flexibility index (Phi) is 5.35. The maximum absolute atomic E-state index is 12.5. The van der Waals surface area contributed by atoms with Gasteiger partial charge in [-0.25, -0.2) is 0 Å². The molecular weight excluding hydrogens is 360 g/mol. The van der Waals surface area contributed by atoms with E-state index in [0.717, 1.165) is 11.3 Å². The SMILES string of the molecule is COc1ccc2c(c1)[C@@H](NC(=O)/C=C/c1ccc([N+](=O)[O-])cc1)CC(C)(C)O2. The van der Waals surface area contributed by atoms with Crippen LogP contribution in [-0.2, 0) is 4.79 Å². The van der Waals surface area contributed by atoms with Crippen molar-refractivity contribution in [3.63, 3.8) is 0 Å². The summed E-state index contributed by atoms with van der Waals surface area (Å²) in [5, 5.41) is 13.7. The fraction of sp³-hybridized carbons (Fsp3) is 0.286. The zero-order valence-corrected chi connectivity index (χ0v) is 16.0. The second kappa shape index (κ2) is 7.72. The average molecular weight is 382 g/mol. The van der Waals surface area contributed by atoms with Crippen molar-refractivity contribution in [2.24, 2.45) is 0 Å². The number of methoxy groups -OCH3 is 1. The lowest BCUT2D eigenvalue weighted by Gasteiger charge is -2.37. The van der Waals surface area contributed by atoms with Gasteiger partial charge in [0.2, 0.25) is 5.91 Å². The van der Waals surface area contributed by atoms with Gasteiger partial charge in [-0.2, -0.15) is 0 Å². The number of amides is 1. The molecule has 28 heavy (non-hydrogen) atoms. The van der Waals surface area contributed by atoms with Gasteiger partial charge in [0.05, 0.1) is 18.1 Å². The maximum Gasteiger partial charge on any atom is 0.269 e. The Hall–Kier alpha value is -3.35. The number of hydrogen-bond donors (Lipinski definition) is 1. The molecule has 146 valence electrons. The third kappa shape index (κ3) is 4.49. The highest BCUT2D eigenvalue weighted by molar-refractivity contribution is 5.92. The van der Waals surface area contributed by atoms with E-state index in [1.165, 1.54) is 18.2 Å². The molecule has 0 spiro atoms. The van der Waals surface area contributed by atoms with Gasteiger partial charge in [-0.15, -0.1) is 0 Å². The first-order valence-electron chi connectivity index (χ1n) is 8.87. The predicted molar refractivity (Wildman–Crippen MR) is 105 cm³/mol. The molecule has 7 heteroatoms. The number of carbonyl (C=O) groups is 1. The highest BCUT2D eigenvalue weighted by atomic mass is 16.6. The molecule has 7 nitrogen and oxygen atoms in total. The van der Waals surface area contributed by atoms with E-state index in [1.54, 1.807) is 25.3 Å². The van der Waals surface area contributed by atoms with Crippen LogP contribution in [0.2, 0.25) is 0 Å². The van der Waals surface area contributed by atoms with Crippen molar-refractivity contribution < 1.29 is 19.2 Å². The molecule has 0 unspecified atom stereocenters. The number of nitrogens with one attached hydrogen (secondary N) is 1. The van der Waals surface area contributed by atoms with Crippen LogP contribution in [0.5, 0.6) is 11.5 Å². The summed E-state index contributed by atoms with van der Waals surface area (Å²) < 4.78 is 11.3. The Balaban J connectivity index is 1.75. The molecular formula is C21H22N2O5. The van der Waals surface area contributed by atoms with Crippen LogP contribution in [0.3, 0.4) is 0 Å². The molecule has 1 aliphatic heterocycles. The standard InChI is InChI=1S/C21H22N2O5/c1-21(2)13-18(17-12-16(27-3)9-10-19(17)28-21)22-20(24)11-6-14-4-7-15(8-5-14)23(25)26/h4-12,18H,13H2,1-3H3,(H,22,24)/b11-6+/t18-/m0/s1. The topological polar surface area (TPSA) is 90.7 Å². The normalized spacial score (nSPS) is 17.5. The summed E-state index contributed by atoms with van der Waals surface area (Å²) in [6.07, 6.45) is 3.66. The van der Waals surface area contributed by atoms with Crippen molar-refractivity contribution in [1.82, 2.24) is 5.32 Å². The number of nitro groups is 1. The fourth-order valence-corrected chi connectivity index (χ4v) is 3.19. The molecule has 3 rings (SSSR count). The van der Waals surface area contributed by atoms with Gasteiger partial charge in [0, 0.05) is 30.2 Å². The van der Waals surface area contributed by atoms with Crippen LogP contribution in [0, 0.1) is 10.1 Å². The largest absolute Gasteiger partial charge is 0.497 e. The van der Waals surface area contributed by atoms with E-state index in [-0.39, 0.29) is 17.6 Å². The highest BCUT2D eigenvalue weighted by Crippen LogP contribution is 2.41. The number of benzene rings is 2. The summed E-state index contributed by atoms with van der Waals surface area (Å²) in [6, 6.07) is 11.3. The lowest BCUT2D eigenvalue weighted by Crippen LogP contribution is -2.40. The van der Waals surface area contributed by atoms with Gasteiger partial charge in [0.15, 0.2) is 0 Å². The second-order valence-corrected chi connectivity index (χ2v) is 7.21. The van der Waals surface area contributed by atoms with Crippen LogP contribution in [-0.4, -0.2) is 23.5 Å². The van der Waals surface area contributed by atoms with E-state index < -0.39 is 10.5 Å². The number of fused-ring (bicyclic) bond motifs is 1. The first-order chi connectivity index (χ1) is 13.3. The fourth-order valence-electron chi connectivity index (χ4n) is 3.19. The molecule has 0 saturated carbocycles. The van der Waals surface area contributed by atoms with E-state index in [9.17, 15) is 14.9 Å². The number of hydrogen-bond acceptors (Lipinski definition) is 5. The Morgan fingerprint density at radius 1 is 1.29 bits per heavy atom. The van der Waals surface area contributed by atoms with Crippen LogP contribution in [0.4, 0.5) is 5.69 Å². The molecule has 0 bridgehead atoms. The zero-order valence-electron chi connectivity index (χ0n) is 16.0. The number of ether oxygens (including phenoxy) is 2. The summed E-state index contributed by atoms with van der Waals surface area (Å²) in [5.74, 6) is 1.17. The predicted octanol–water partition coefficient (Wildman–Crippen LogP) is 4.04. The van der Waals surface area contributed by atoms with Crippen molar-refractivity contribution in [2.45, 2.75) is 31.9 Å². The molecule has 1 aliphatic rings. The Morgan fingerprint density at radius 2 is 2.00 bits per heavy atom. The Morgan fingerprint density at radius 3 is 2.64 bits per heavy atom. The third-order valence-electron chi connectivity index (χ3n) is 4.52. The molecule has 0 radical (unpaired) electrons. The molecule has 1 amide bonds. The van der Waals surface area contributed by atoms with Crippen LogP contribution in [0.15, 0.2) is 48.5 Å². The Labute approximate surface area is 163 Å². The van der Waals surface area contributed by atoms with Gasteiger partial charge >= 0.3 is 0 Å². The lowest BCUT2D eigenvalue weighted by molar-refractivity contribution is -0.384. The van der Waals surface area contributed by atoms with Crippen molar-refractivity contribution in [3.05, 3.63) is 69.8 Å². The van der Waals surface area contributed by atoms with Gasteiger partial charge in [-0.05, 0) is 55.8 Å². The van der Waals surface area contributed by atoms with E-state index >= 15 is 0 Å². The Bertz CT molecular complexity index is 919. The summed E-state index contributed by atoms with van der Waals surface area (Å²) in [7, 11) is 1.59. The zero-order chi connectivity index (χ0) is 20.3. The van der Waals surface area contributed by atoms with E-state index in [1.807, 2.05) is 32.0 Å². The van der Waals surface area contributed by atoms with Gasteiger partial charge in [0.25, 0.3) is 5.69 Å². The smallest absolute Gasteiger partial charge is 0.269 e. The highest BCUT2D eigenvalue weighted by Gasteiger charge is 2.34. The summed E-state index contributed by atoms with van der Waals surface area (Å²) in [6.45, 7) is 3.96. The summed E-state index contributed by atoms with van der Waals surface area (Å²) in [5.41, 5.74) is 1.17. The van der Waals surface area contributed by atoms with Gasteiger partial charge in [-0.3, -0.25) is 14.9 Å². The van der Waals surface area contributed by atoms with Gasteiger partial charge in [0.1, 0.15) is 17.1 Å². The number of rotatable bonds is 5. The minimum atomic E-state index is -0.460. The van der Waals surface area contributed by atoms with Crippen LogP contribution >= 0.6 is 0 Å². The molecule has 0 aromatic heterocycles. The first kappa shape index (κ1) is 19.4.